The highest BCUT2D eigenvalue weighted by Gasteiger charge is 2.13. The van der Waals surface area contributed by atoms with E-state index in [1.54, 1.807) is 50.4 Å². The average molecular weight is 466 g/mol. The lowest BCUT2D eigenvalue weighted by Gasteiger charge is -2.10. The molecule has 0 saturated heterocycles. The summed E-state index contributed by atoms with van der Waals surface area (Å²) in [6, 6.07) is 11.8. The summed E-state index contributed by atoms with van der Waals surface area (Å²) in [5, 5.41) is 9.18. The summed E-state index contributed by atoms with van der Waals surface area (Å²) < 4.78 is 26.5. The smallest absolute Gasteiger partial charge is 0.348 e. The Hall–Kier alpha value is -4.25. The Morgan fingerprint density at radius 3 is 2.24 bits per heavy atom. The predicted molar refractivity (Wildman–Crippen MR) is 127 cm³/mol. The number of rotatable bonds is 11. The zero-order chi connectivity index (χ0) is 24.9. The van der Waals surface area contributed by atoms with Crippen molar-refractivity contribution >= 4 is 24.1 Å². The summed E-state index contributed by atoms with van der Waals surface area (Å²) in [6.07, 6.45) is 5.12. The largest absolute Gasteiger partial charge is 0.493 e. The molecule has 8 heteroatoms. The van der Waals surface area contributed by atoms with Gasteiger partial charge in [0.2, 0.25) is 0 Å². The van der Waals surface area contributed by atoms with E-state index in [1.807, 2.05) is 13.0 Å². The Labute approximate surface area is 199 Å². The molecule has 34 heavy (non-hydrogen) atoms. The number of esters is 2. The van der Waals surface area contributed by atoms with Crippen LogP contribution in [0.3, 0.4) is 0 Å². The van der Waals surface area contributed by atoms with Crippen LogP contribution in [0.1, 0.15) is 31.4 Å². The zero-order valence-electron chi connectivity index (χ0n) is 19.6. The molecule has 0 unspecified atom stereocenters. The number of benzene rings is 2. The predicted octanol–water partition coefficient (Wildman–Crippen LogP) is 4.58. The van der Waals surface area contributed by atoms with Crippen LogP contribution in [-0.2, 0) is 14.3 Å². The van der Waals surface area contributed by atoms with Crippen molar-refractivity contribution in [3.05, 3.63) is 59.2 Å². The number of carbonyl (C=O) groups excluding carboxylic acids is 2. The molecule has 0 atom stereocenters. The molecule has 0 aliphatic heterocycles. The molecule has 2 aromatic carbocycles. The van der Waals surface area contributed by atoms with E-state index in [-0.39, 0.29) is 23.7 Å². The number of methoxy groups -OCH3 is 2. The quantitative estimate of drug-likeness (QED) is 0.206. The van der Waals surface area contributed by atoms with E-state index < -0.39 is 11.9 Å². The van der Waals surface area contributed by atoms with Gasteiger partial charge in [-0.3, -0.25) is 0 Å². The van der Waals surface area contributed by atoms with Gasteiger partial charge in [-0.15, -0.1) is 0 Å². The van der Waals surface area contributed by atoms with Crippen LogP contribution >= 0.6 is 0 Å². The van der Waals surface area contributed by atoms with Crippen molar-refractivity contribution in [2.24, 2.45) is 0 Å². The molecular weight excluding hydrogens is 438 g/mol. The minimum Gasteiger partial charge on any atom is -0.493 e. The monoisotopic (exact) mass is 465 g/mol. The van der Waals surface area contributed by atoms with Crippen LogP contribution in [0.4, 0.5) is 0 Å². The molecule has 0 spiro atoms. The molecule has 0 amide bonds. The summed E-state index contributed by atoms with van der Waals surface area (Å²) in [5.74, 6) is 0.308. The first kappa shape index (κ1) is 26.0. The molecule has 0 aliphatic rings. The first-order chi connectivity index (χ1) is 16.4. The van der Waals surface area contributed by atoms with Crippen LogP contribution in [0.15, 0.2) is 48.0 Å². The van der Waals surface area contributed by atoms with Crippen LogP contribution in [0, 0.1) is 11.3 Å². The lowest BCUT2D eigenvalue weighted by molar-refractivity contribution is -0.138. The maximum atomic E-state index is 12.4. The van der Waals surface area contributed by atoms with Gasteiger partial charge in [0.05, 0.1) is 27.4 Å². The Morgan fingerprint density at radius 1 is 0.941 bits per heavy atom. The Morgan fingerprint density at radius 2 is 1.59 bits per heavy atom. The Kier molecular flexibility index (Phi) is 10.2. The van der Waals surface area contributed by atoms with Crippen LogP contribution in [0.2, 0.25) is 0 Å². The molecule has 8 nitrogen and oxygen atoms in total. The molecule has 0 aromatic heterocycles. The summed E-state index contributed by atoms with van der Waals surface area (Å²) >= 11 is 0. The van der Waals surface area contributed by atoms with E-state index in [0.717, 1.165) is 12.0 Å². The lowest BCUT2D eigenvalue weighted by atomic mass is 10.1. The molecule has 2 rings (SSSR count). The fraction of sp³-hybridized carbons (Fsp3) is 0.269. The molecule has 0 saturated carbocycles. The third kappa shape index (κ3) is 7.41. The summed E-state index contributed by atoms with van der Waals surface area (Å²) in [5.41, 5.74) is 1.08. The van der Waals surface area contributed by atoms with Gasteiger partial charge in [-0.05, 0) is 60.9 Å². The number of carbonyl (C=O) groups is 2. The summed E-state index contributed by atoms with van der Waals surface area (Å²) in [6.45, 7) is 4.41. The third-order valence-electron chi connectivity index (χ3n) is 4.39. The fourth-order valence-electron chi connectivity index (χ4n) is 2.80. The van der Waals surface area contributed by atoms with Gasteiger partial charge >= 0.3 is 11.9 Å². The third-order valence-corrected chi connectivity index (χ3v) is 4.39. The molecule has 0 radical (unpaired) electrons. The van der Waals surface area contributed by atoms with E-state index in [0.29, 0.717) is 23.7 Å². The molecule has 178 valence electrons. The number of nitriles is 1. The van der Waals surface area contributed by atoms with E-state index in [2.05, 4.69) is 0 Å². The number of ether oxygens (including phenoxy) is 5. The van der Waals surface area contributed by atoms with E-state index in [1.165, 1.54) is 25.3 Å². The van der Waals surface area contributed by atoms with Crippen LogP contribution < -0.4 is 18.9 Å². The SMILES string of the molecule is CCCOc1ccc(/C=C/C(=O)Oc2ccc(/C=C(\C#N)C(=O)OCC)cc2OC)cc1OC. The van der Waals surface area contributed by atoms with E-state index in [9.17, 15) is 14.9 Å². The molecular formula is C26H27NO7. The van der Waals surface area contributed by atoms with Crippen molar-refractivity contribution in [1.82, 2.24) is 0 Å². The van der Waals surface area contributed by atoms with Crippen molar-refractivity contribution in [3.63, 3.8) is 0 Å². The topological polar surface area (TPSA) is 104 Å². The normalized spacial score (nSPS) is 11.0. The van der Waals surface area contributed by atoms with Crippen LogP contribution in [0.25, 0.3) is 12.2 Å². The van der Waals surface area contributed by atoms with E-state index in [4.69, 9.17) is 23.7 Å². The first-order valence-electron chi connectivity index (χ1n) is 10.6. The highest BCUT2D eigenvalue weighted by atomic mass is 16.6. The van der Waals surface area contributed by atoms with Crippen molar-refractivity contribution in [1.29, 1.82) is 5.26 Å². The van der Waals surface area contributed by atoms with E-state index >= 15 is 0 Å². The van der Waals surface area contributed by atoms with Gasteiger partial charge in [-0.25, -0.2) is 9.59 Å². The van der Waals surface area contributed by atoms with Crippen LogP contribution in [-0.4, -0.2) is 39.4 Å². The standard InChI is InChI=1S/C26H27NO7/c1-5-13-33-21-10-7-18(15-23(21)30-3)9-12-25(28)34-22-11-8-19(16-24(22)31-4)14-20(17-27)26(29)32-6-2/h7-12,14-16H,5-6,13H2,1-4H3/b12-9+,20-14+. The molecule has 0 fully saturated rings. The molecule has 0 bridgehead atoms. The number of hydrogen-bond acceptors (Lipinski definition) is 8. The van der Waals surface area contributed by atoms with Crippen LogP contribution in [0.5, 0.6) is 23.0 Å². The minimum atomic E-state index is -0.716. The zero-order valence-corrected chi connectivity index (χ0v) is 19.6. The summed E-state index contributed by atoms with van der Waals surface area (Å²) in [7, 11) is 2.97. The van der Waals surface area contributed by atoms with Gasteiger partial charge in [0, 0.05) is 6.08 Å². The maximum Gasteiger partial charge on any atom is 0.348 e. The lowest BCUT2D eigenvalue weighted by Crippen LogP contribution is -2.06. The van der Waals surface area contributed by atoms with Gasteiger partial charge < -0.3 is 23.7 Å². The Balaban J connectivity index is 2.14. The second kappa shape index (κ2) is 13.3. The molecule has 0 aliphatic carbocycles. The highest BCUT2D eigenvalue weighted by molar-refractivity contribution is 5.98. The highest BCUT2D eigenvalue weighted by Crippen LogP contribution is 2.30. The molecule has 2 aromatic rings. The summed E-state index contributed by atoms with van der Waals surface area (Å²) in [4.78, 5) is 24.2. The van der Waals surface area contributed by atoms with Gasteiger partial charge in [-0.2, -0.15) is 5.26 Å². The van der Waals surface area contributed by atoms with Crippen molar-refractivity contribution in [2.75, 3.05) is 27.4 Å². The van der Waals surface area contributed by atoms with Crippen molar-refractivity contribution in [3.8, 4) is 29.1 Å². The number of hydrogen-bond donors (Lipinski definition) is 0. The fourth-order valence-corrected chi connectivity index (χ4v) is 2.80. The molecule has 0 N–H and O–H groups in total. The Bertz CT molecular complexity index is 1110. The van der Waals surface area contributed by atoms with Gasteiger partial charge in [0.15, 0.2) is 23.0 Å². The number of nitrogens with zero attached hydrogens (tertiary/aromatic N) is 1. The molecule has 0 heterocycles. The second-order valence-electron chi connectivity index (χ2n) is 6.81. The van der Waals surface area contributed by atoms with Gasteiger partial charge in [-0.1, -0.05) is 19.1 Å². The van der Waals surface area contributed by atoms with Gasteiger partial charge in [0.25, 0.3) is 0 Å². The average Bonchev–Trinajstić information content (AvgIpc) is 2.85. The first-order valence-corrected chi connectivity index (χ1v) is 10.6. The van der Waals surface area contributed by atoms with Gasteiger partial charge in [0.1, 0.15) is 11.6 Å². The maximum absolute atomic E-state index is 12.4. The van der Waals surface area contributed by atoms with Crippen molar-refractivity contribution < 1.29 is 33.3 Å². The second-order valence-corrected chi connectivity index (χ2v) is 6.81. The minimum absolute atomic E-state index is 0.155. The van der Waals surface area contributed by atoms with Crippen molar-refractivity contribution in [2.45, 2.75) is 20.3 Å².